The van der Waals surface area contributed by atoms with Crippen molar-refractivity contribution in [3.05, 3.63) is 60.9 Å². The summed E-state index contributed by atoms with van der Waals surface area (Å²) in [5, 5.41) is 2.02. The first-order valence-corrected chi connectivity index (χ1v) is 16.6. The molecule has 9 heteroatoms. The molecule has 0 spiro atoms. The molecular weight excluding hydrogens is 631 g/mol. The third-order valence-corrected chi connectivity index (χ3v) is 9.96. The molecule has 214 valence electrons. The van der Waals surface area contributed by atoms with E-state index in [9.17, 15) is 4.79 Å². The molecule has 0 bridgehead atoms. The van der Waals surface area contributed by atoms with E-state index in [4.69, 9.17) is 37.7 Å². The molecule has 0 N–H and O–H groups in total. The minimum Gasteiger partial charge on any atom is -0.490 e. The lowest BCUT2D eigenvalue weighted by Crippen LogP contribution is -2.41. The lowest BCUT2D eigenvalue weighted by molar-refractivity contribution is -0.124. The lowest BCUT2D eigenvalue weighted by Gasteiger charge is -2.31. The Balaban J connectivity index is 1.41. The minimum atomic E-state index is 0.0639. The van der Waals surface area contributed by atoms with E-state index in [-0.39, 0.29) is 18.6 Å². The van der Waals surface area contributed by atoms with Gasteiger partial charge >= 0.3 is 0 Å². The highest BCUT2D eigenvalue weighted by atomic mass is 79.9. The zero-order valence-electron chi connectivity index (χ0n) is 22.8. The fourth-order valence-electron chi connectivity index (χ4n) is 5.58. The third-order valence-electron chi connectivity index (χ3n) is 7.69. The molecular formula is C31H35BrCl2N2O3S. The Hall–Kier alpha value is -1.67. The van der Waals surface area contributed by atoms with Gasteiger partial charge in [0.1, 0.15) is 6.61 Å². The van der Waals surface area contributed by atoms with Gasteiger partial charge in [-0.25, -0.2) is 0 Å². The Morgan fingerprint density at radius 3 is 2.40 bits per heavy atom. The molecule has 3 fully saturated rings. The third kappa shape index (κ3) is 7.21. The van der Waals surface area contributed by atoms with Crippen LogP contribution in [0.15, 0.2) is 44.7 Å². The molecule has 5 rings (SSSR count). The largest absolute Gasteiger partial charge is 0.490 e. The van der Waals surface area contributed by atoms with Gasteiger partial charge in [0.25, 0.3) is 5.91 Å². The Morgan fingerprint density at radius 1 is 1.00 bits per heavy atom. The van der Waals surface area contributed by atoms with Crippen molar-refractivity contribution in [2.45, 2.75) is 89.8 Å². The van der Waals surface area contributed by atoms with Gasteiger partial charge in [-0.3, -0.25) is 14.7 Å². The van der Waals surface area contributed by atoms with Gasteiger partial charge in [0.2, 0.25) is 0 Å². The number of rotatable bonds is 8. The van der Waals surface area contributed by atoms with Gasteiger partial charge in [0.05, 0.1) is 17.6 Å². The smallest absolute Gasteiger partial charge is 0.267 e. The monoisotopic (exact) mass is 664 g/mol. The number of halogens is 3. The van der Waals surface area contributed by atoms with Gasteiger partial charge in [0.15, 0.2) is 16.7 Å². The highest BCUT2D eigenvalue weighted by Crippen LogP contribution is 2.41. The first-order chi connectivity index (χ1) is 19.4. The van der Waals surface area contributed by atoms with Crippen LogP contribution in [0.4, 0.5) is 0 Å². The summed E-state index contributed by atoms with van der Waals surface area (Å²) in [6.45, 7) is 2.69. The predicted octanol–water partition coefficient (Wildman–Crippen LogP) is 9.67. The summed E-state index contributed by atoms with van der Waals surface area (Å²) in [6, 6.07) is 9.72. The predicted molar refractivity (Wildman–Crippen MR) is 170 cm³/mol. The topological polar surface area (TPSA) is 51.1 Å². The number of nitrogens with zero attached hydrogens (tertiary/aromatic N) is 2. The van der Waals surface area contributed by atoms with Crippen LogP contribution in [0.3, 0.4) is 0 Å². The summed E-state index contributed by atoms with van der Waals surface area (Å²) < 4.78 is 12.9. The van der Waals surface area contributed by atoms with Crippen LogP contribution in [0.1, 0.15) is 82.3 Å². The number of hydrogen-bond donors (Lipinski definition) is 0. The molecule has 1 heterocycles. The highest BCUT2D eigenvalue weighted by Gasteiger charge is 2.39. The number of hydrogen-bond acceptors (Lipinski definition) is 5. The fraction of sp³-hybridized carbons (Fsp3) is 0.484. The van der Waals surface area contributed by atoms with E-state index in [2.05, 4.69) is 15.9 Å². The van der Waals surface area contributed by atoms with Crippen molar-refractivity contribution in [2.75, 3.05) is 6.61 Å². The molecule has 1 aliphatic heterocycles. The van der Waals surface area contributed by atoms with Crippen LogP contribution < -0.4 is 9.47 Å². The van der Waals surface area contributed by atoms with Gasteiger partial charge < -0.3 is 9.47 Å². The Bertz CT molecular complexity index is 1290. The zero-order valence-corrected chi connectivity index (χ0v) is 26.7. The Morgan fingerprint density at radius 2 is 1.70 bits per heavy atom. The normalized spacial score (nSPS) is 21.0. The molecule has 3 aliphatic rings. The van der Waals surface area contributed by atoms with Crippen molar-refractivity contribution in [3.8, 4) is 11.5 Å². The van der Waals surface area contributed by atoms with Gasteiger partial charge in [0, 0.05) is 26.1 Å². The number of amidine groups is 1. The minimum absolute atomic E-state index is 0.0639. The molecule has 0 radical (unpaired) electrons. The number of ether oxygens (including phenoxy) is 2. The van der Waals surface area contributed by atoms with Gasteiger partial charge in [-0.1, -0.05) is 83.7 Å². The Labute approximate surface area is 259 Å². The van der Waals surface area contributed by atoms with E-state index in [1.54, 1.807) is 12.1 Å². The maximum Gasteiger partial charge on any atom is 0.267 e. The molecule has 0 aromatic heterocycles. The van der Waals surface area contributed by atoms with E-state index in [1.807, 2.05) is 36.1 Å². The van der Waals surface area contributed by atoms with Crippen molar-refractivity contribution in [1.29, 1.82) is 0 Å². The molecule has 5 nitrogen and oxygen atoms in total. The van der Waals surface area contributed by atoms with Gasteiger partial charge in [-0.05, 0) is 80.3 Å². The maximum atomic E-state index is 13.8. The molecule has 2 aromatic carbocycles. The number of carbonyl (C=O) groups is 1. The lowest BCUT2D eigenvalue weighted by atomic mass is 9.94. The van der Waals surface area contributed by atoms with Crippen LogP contribution in [-0.2, 0) is 11.4 Å². The summed E-state index contributed by atoms with van der Waals surface area (Å²) in [5.41, 5.74) is 1.69. The maximum absolute atomic E-state index is 13.8. The summed E-state index contributed by atoms with van der Waals surface area (Å²) in [5.74, 6) is 1.27. The zero-order chi connectivity index (χ0) is 28.1. The van der Waals surface area contributed by atoms with Crippen LogP contribution in [0, 0.1) is 0 Å². The fourth-order valence-corrected chi connectivity index (χ4v) is 7.58. The van der Waals surface area contributed by atoms with Crippen LogP contribution in [0.5, 0.6) is 11.5 Å². The van der Waals surface area contributed by atoms with Crippen molar-refractivity contribution in [2.24, 2.45) is 4.99 Å². The number of benzene rings is 2. The molecule has 2 aliphatic carbocycles. The highest BCUT2D eigenvalue weighted by molar-refractivity contribution is 9.10. The SMILES string of the molecule is CCOc1cc(C=C2SC(=NC3CCCCC3)N(C3CCCCC3)C2=O)c(Br)cc1OCc1ccc(Cl)cc1Cl. The summed E-state index contributed by atoms with van der Waals surface area (Å²) in [6.07, 6.45) is 13.6. The van der Waals surface area contributed by atoms with Crippen molar-refractivity contribution >= 4 is 68.0 Å². The average molecular weight is 667 g/mol. The average Bonchev–Trinajstić information content (AvgIpc) is 3.25. The van der Waals surface area contributed by atoms with Crippen LogP contribution in [-0.4, -0.2) is 34.7 Å². The quantitative estimate of drug-likeness (QED) is 0.264. The molecule has 0 unspecified atom stereocenters. The number of aliphatic imine (C=N–C) groups is 1. The number of thioether (sulfide) groups is 1. The van der Waals surface area contributed by atoms with E-state index in [0.717, 1.165) is 46.5 Å². The Kier molecular flexibility index (Phi) is 10.4. The van der Waals surface area contributed by atoms with E-state index < -0.39 is 0 Å². The standard InChI is InChI=1S/C31H35BrCl2N2O3S/c1-2-38-27-15-21(25(32)18-28(27)39-19-20-13-14-22(33)17-26(20)34)16-29-30(37)36(24-11-7-4-8-12-24)31(40-29)35-23-9-5-3-6-10-23/h13-18,23-24H,2-12,19H2,1H3. The van der Waals surface area contributed by atoms with Crippen LogP contribution in [0.2, 0.25) is 10.0 Å². The second-order valence-electron chi connectivity index (χ2n) is 10.6. The summed E-state index contributed by atoms with van der Waals surface area (Å²) in [7, 11) is 0. The molecule has 1 amide bonds. The number of amides is 1. The molecule has 0 atom stereocenters. The van der Waals surface area contributed by atoms with E-state index >= 15 is 0 Å². The van der Waals surface area contributed by atoms with Gasteiger partial charge in [-0.15, -0.1) is 0 Å². The van der Waals surface area contributed by atoms with Crippen molar-refractivity contribution in [3.63, 3.8) is 0 Å². The van der Waals surface area contributed by atoms with E-state index in [1.165, 1.54) is 50.3 Å². The molecule has 40 heavy (non-hydrogen) atoms. The second kappa shape index (κ2) is 14.0. The van der Waals surface area contributed by atoms with Gasteiger partial charge in [-0.2, -0.15) is 0 Å². The molecule has 1 saturated heterocycles. The first kappa shape index (κ1) is 29.8. The van der Waals surface area contributed by atoms with Crippen molar-refractivity contribution < 1.29 is 14.3 Å². The van der Waals surface area contributed by atoms with Crippen molar-refractivity contribution in [1.82, 2.24) is 4.90 Å². The molecule has 2 aromatic rings. The second-order valence-corrected chi connectivity index (χ2v) is 13.3. The summed E-state index contributed by atoms with van der Waals surface area (Å²) in [4.78, 5) is 21.7. The number of carbonyl (C=O) groups excluding carboxylic acids is 1. The first-order valence-electron chi connectivity index (χ1n) is 14.3. The van der Waals surface area contributed by atoms with Crippen LogP contribution >= 0.6 is 50.9 Å². The van der Waals surface area contributed by atoms with E-state index in [0.29, 0.717) is 39.1 Å². The van der Waals surface area contributed by atoms with Crippen LogP contribution in [0.25, 0.3) is 6.08 Å². The molecule has 2 saturated carbocycles. The summed E-state index contributed by atoms with van der Waals surface area (Å²) >= 11 is 17.6.